The van der Waals surface area contributed by atoms with Crippen LogP contribution in [0.5, 0.6) is 11.5 Å². The first kappa shape index (κ1) is 14.2. The van der Waals surface area contributed by atoms with Gasteiger partial charge in [0, 0.05) is 12.1 Å². The molecule has 1 amide bonds. The highest BCUT2D eigenvalue weighted by Crippen LogP contribution is 2.33. The molecule has 1 aromatic carbocycles. The summed E-state index contributed by atoms with van der Waals surface area (Å²) in [5, 5.41) is 2.62. The number of carbonyl (C=O) groups is 1. The first-order valence-electron chi connectivity index (χ1n) is 5.58. The Morgan fingerprint density at radius 2 is 1.83 bits per heavy atom. The van der Waals surface area contributed by atoms with Crippen LogP contribution in [0.15, 0.2) is 6.07 Å². The predicted molar refractivity (Wildman–Crippen MR) is 68.3 cm³/mol. The van der Waals surface area contributed by atoms with E-state index in [1.807, 2.05) is 19.9 Å². The maximum absolute atomic E-state index is 11.1. The van der Waals surface area contributed by atoms with Crippen molar-refractivity contribution in [1.29, 1.82) is 0 Å². The fourth-order valence-electron chi connectivity index (χ4n) is 1.80. The molecule has 100 valence electrons. The molecule has 1 N–H and O–H groups in total. The molecule has 0 aliphatic rings. The van der Waals surface area contributed by atoms with Crippen LogP contribution < -0.4 is 14.8 Å². The van der Waals surface area contributed by atoms with E-state index in [0.29, 0.717) is 6.54 Å². The summed E-state index contributed by atoms with van der Waals surface area (Å²) >= 11 is 0. The Bertz CT molecular complexity index is 443. The normalized spacial score (nSPS) is 9.83. The molecule has 0 atom stereocenters. The van der Waals surface area contributed by atoms with E-state index in [1.54, 1.807) is 14.2 Å². The number of benzene rings is 1. The van der Waals surface area contributed by atoms with E-state index in [0.717, 1.165) is 28.2 Å². The number of amides is 1. The molecule has 0 bridgehead atoms. The highest BCUT2D eigenvalue weighted by atomic mass is 16.5. The van der Waals surface area contributed by atoms with Gasteiger partial charge in [-0.05, 0) is 31.0 Å². The number of methoxy groups -OCH3 is 3. The molecule has 0 aliphatic carbocycles. The van der Waals surface area contributed by atoms with E-state index in [4.69, 9.17) is 9.47 Å². The van der Waals surface area contributed by atoms with Crippen molar-refractivity contribution in [2.45, 2.75) is 20.4 Å². The summed E-state index contributed by atoms with van der Waals surface area (Å²) < 4.78 is 15.2. The number of ether oxygens (including phenoxy) is 3. The molecule has 0 saturated carbocycles. The quantitative estimate of drug-likeness (QED) is 0.893. The van der Waals surface area contributed by atoms with Crippen LogP contribution in [0.4, 0.5) is 4.79 Å². The van der Waals surface area contributed by atoms with Crippen LogP contribution in [0.2, 0.25) is 0 Å². The van der Waals surface area contributed by atoms with E-state index in [-0.39, 0.29) is 0 Å². The van der Waals surface area contributed by atoms with E-state index in [1.165, 1.54) is 7.11 Å². The molecule has 0 saturated heterocycles. The third-order valence-corrected chi connectivity index (χ3v) is 2.90. The van der Waals surface area contributed by atoms with Gasteiger partial charge in [0.2, 0.25) is 0 Å². The maximum Gasteiger partial charge on any atom is 0.407 e. The minimum Gasteiger partial charge on any atom is -0.496 e. The third-order valence-electron chi connectivity index (χ3n) is 2.90. The Kier molecular flexibility index (Phi) is 4.83. The highest BCUT2D eigenvalue weighted by molar-refractivity contribution is 5.67. The van der Waals surface area contributed by atoms with Gasteiger partial charge in [0.15, 0.2) is 0 Å². The van der Waals surface area contributed by atoms with Crippen molar-refractivity contribution in [3.8, 4) is 11.5 Å². The van der Waals surface area contributed by atoms with E-state index in [2.05, 4.69) is 10.1 Å². The van der Waals surface area contributed by atoms with Crippen LogP contribution in [0.25, 0.3) is 0 Å². The van der Waals surface area contributed by atoms with Gasteiger partial charge in [-0.1, -0.05) is 0 Å². The number of rotatable bonds is 4. The van der Waals surface area contributed by atoms with Crippen LogP contribution in [0.3, 0.4) is 0 Å². The largest absolute Gasteiger partial charge is 0.496 e. The van der Waals surface area contributed by atoms with Crippen molar-refractivity contribution in [1.82, 2.24) is 5.32 Å². The van der Waals surface area contributed by atoms with Gasteiger partial charge in [-0.25, -0.2) is 4.79 Å². The lowest BCUT2D eigenvalue weighted by Crippen LogP contribution is -2.22. The molecule has 0 unspecified atom stereocenters. The summed E-state index contributed by atoms with van der Waals surface area (Å²) in [4.78, 5) is 11.1. The van der Waals surface area contributed by atoms with Crippen LogP contribution in [0, 0.1) is 13.8 Å². The predicted octanol–water partition coefficient (Wildman–Crippen LogP) is 2.18. The van der Waals surface area contributed by atoms with Gasteiger partial charge in [-0.2, -0.15) is 0 Å². The highest BCUT2D eigenvalue weighted by Gasteiger charge is 2.14. The fourth-order valence-corrected chi connectivity index (χ4v) is 1.80. The molecule has 0 radical (unpaired) electrons. The van der Waals surface area contributed by atoms with Gasteiger partial charge in [0.1, 0.15) is 11.5 Å². The second-order valence-corrected chi connectivity index (χ2v) is 3.87. The monoisotopic (exact) mass is 253 g/mol. The Hall–Kier alpha value is -1.91. The van der Waals surface area contributed by atoms with E-state index < -0.39 is 6.09 Å². The number of alkyl carbamates (subject to hydrolysis) is 1. The molecule has 5 nitrogen and oxygen atoms in total. The van der Waals surface area contributed by atoms with Gasteiger partial charge in [-0.3, -0.25) is 0 Å². The lowest BCUT2D eigenvalue weighted by atomic mass is 10.0. The van der Waals surface area contributed by atoms with Crippen molar-refractivity contribution in [3.05, 3.63) is 22.8 Å². The minimum absolute atomic E-state index is 0.327. The van der Waals surface area contributed by atoms with Gasteiger partial charge in [-0.15, -0.1) is 0 Å². The van der Waals surface area contributed by atoms with Gasteiger partial charge in [0.25, 0.3) is 0 Å². The Balaban J connectivity index is 3.09. The molecule has 0 aliphatic heterocycles. The molecule has 1 rings (SSSR count). The molecule has 18 heavy (non-hydrogen) atoms. The molecule has 1 aromatic rings. The number of hydrogen-bond acceptors (Lipinski definition) is 4. The molecule has 0 spiro atoms. The standard InChI is InChI=1S/C13H19NO4/c1-8-9(2)12(17-4)10(6-11(8)16-3)7-14-13(15)18-5/h6H,7H2,1-5H3,(H,14,15). The zero-order valence-electron chi connectivity index (χ0n) is 11.4. The SMILES string of the molecule is COC(=O)NCc1cc(OC)c(C)c(C)c1OC. The molecular weight excluding hydrogens is 234 g/mol. The van der Waals surface area contributed by atoms with Crippen LogP contribution in [-0.2, 0) is 11.3 Å². The Labute approximate surface area is 107 Å². The zero-order valence-corrected chi connectivity index (χ0v) is 11.4. The number of nitrogens with one attached hydrogen (secondary N) is 1. The average Bonchev–Trinajstić information content (AvgIpc) is 2.39. The van der Waals surface area contributed by atoms with Crippen LogP contribution in [-0.4, -0.2) is 27.4 Å². The molecule has 0 fully saturated rings. The van der Waals surface area contributed by atoms with Crippen molar-refractivity contribution in [3.63, 3.8) is 0 Å². The zero-order chi connectivity index (χ0) is 13.7. The topological polar surface area (TPSA) is 56.8 Å². The summed E-state index contributed by atoms with van der Waals surface area (Å²) in [6.07, 6.45) is -0.478. The van der Waals surface area contributed by atoms with Gasteiger partial charge < -0.3 is 19.5 Å². The van der Waals surface area contributed by atoms with Crippen LogP contribution in [0.1, 0.15) is 16.7 Å². The lowest BCUT2D eigenvalue weighted by Gasteiger charge is -2.16. The van der Waals surface area contributed by atoms with Crippen LogP contribution >= 0.6 is 0 Å². The Morgan fingerprint density at radius 1 is 1.17 bits per heavy atom. The summed E-state index contributed by atoms with van der Waals surface area (Å²) in [6, 6.07) is 1.86. The van der Waals surface area contributed by atoms with E-state index in [9.17, 15) is 4.79 Å². The summed E-state index contributed by atoms with van der Waals surface area (Å²) in [5.74, 6) is 1.53. The summed E-state index contributed by atoms with van der Waals surface area (Å²) in [7, 11) is 4.55. The third kappa shape index (κ3) is 2.85. The summed E-state index contributed by atoms with van der Waals surface area (Å²) in [6.45, 7) is 4.25. The van der Waals surface area contributed by atoms with Crippen molar-refractivity contribution < 1.29 is 19.0 Å². The van der Waals surface area contributed by atoms with Crippen molar-refractivity contribution in [2.24, 2.45) is 0 Å². The summed E-state index contributed by atoms with van der Waals surface area (Å²) in [5.41, 5.74) is 2.87. The first-order chi connectivity index (χ1) is 8.54. The Morgan fingerprint density at radius 3 is 2.33 bits per heavy atom. The van der Waals surface area contributed by atoms with Crippen molar-refractivity contribution in [2.75, 3.05) is 21.3 Å². The first-order valence-corrected chi connectivity index (χ1v) is 5.58. The smallest absolute Gasteiger partial charge is 0.407 e. The van der Waals surface area contributed by atoms with Crippen molar-refractivity contribution >= 4 is 6.09 Å². The minimum atomic E-state index is -0.478. The number of carbonyl (C=O) groups excluding carboxylic acids is 1. The average molecular weight is 253 g/mol. The number of hydrogen-bond donors (Lipinski definition) is 1. The second kappa shape index (κ2) is 6.14. The molecule has 0 aromatic heterocycles. The van der Waals surface area contributed by atoms with Gasteiger partial charge >= 0.3 is 6.09 Å². The lowest BCUT2D eigenvalue weighted by molar-refractivity contribution is 0.170. The van der Waals surface area contributed by atoms with Gasteiger partial charge in [0.05, 0.1) is 21.3 Å². The fraction of sp³-hybridized carbons (Fsp3) is 0.462. The molecule has 5 heteroatoms. The molecule has 0 heterocycles. The van der Waals surface area contributed by atoms with E-state index >= 15 is 0 Å². The molecular formula is C13H19NO4. The maximum atomic E-state index is 11.1. The second-order valence-electron chi connectivity index (χ2n) is 3.87.